The molecule has 2 aromatic rings. The molecular formula is C23H28N2O4S. The second-order valence-electron chi connectivity index (χ2n) is 7.22. The Morgan fingerprint density at radius 2 is 1.90 bits per heavy atom. The van der Waals surface area contributed by atoms with Gasteiger partial charge in [-0.3, -0.25) is 9.59 Å². The van der Waals surface area contributed by atoms with Gasteiger partial charge in [-0.05, 0) is 30.7 Å². The van der Waals surface area contributed by atoms with Gasteiger partial charge >= 0.3 is 0 Å². The summed E-state index contributed by atoms with van der Waals surface area (Å²) < 4.78 is 10.2. The van der Waals surface area contributed by atoms with Crippen LogP contribution in [0.3, 0.4) is 0 Å². The first-order chi connectivity index (χ1) is 14.4. The van der Waals surface area contributed by atoms with Crippen LogP contribution in [0.25, 0.3) is 0 Å². The quantitative estimate of drug-likeness (QED) is 0.619. The maximum atomic E-state index is 13.4. The third-order valence-electron chi connectivity index (χ3n) is 5.49. The zero-order valence-electron chi connectivity index (χ0n) is 17.8. The van der Waals surface area contributed by atoms with E-state index in [4.69, 9.17) is 9.47 Å². The van der Waals surface area contributed by atoms with Crippen molar-refractivity contribution in [3.05, 3.63) is 54.1 Å². The molecule has 0 aromatic heterocycles. The van der Waals surface area contributed by atoms with Gasteiger partial charge in [-0.2, -0.15) is 0 Å². The van der Waals surface area contributed by atoms with E-state index in [9.17, 15) is 9.59 Å². The van der Waals surface area contributed by atoms with E-state index in [0.29, 0.717) is 31.0 Å². The Morgan fingerprint density at radius 3 is 2.50 bits per heavy atom. The fourth-order valence-corrected chi connectivity index (χ4v) is 5.26. The lowest BCUT2D eigenvalue weighted by atomic mass is 9.83. The predicted molar refractivity (Wildman–Crippen MR) is 118 cm³/mol. The van der Waals surface area contributed by atoms with Crippen LogP contribution in [0.2, 0.25) is 0 Å². The highest BCUT2D eigenvalue weighted by Gasteiger charge is 2.60. The van der Waals surface area contributed by atoms with Crippen molar-refractivity contribution in [1.29, 1.82) is 0 Å². The summed E-state index contributed by atoms with van der Waals surface area (Å²) in [4.78, 5) is 27.9. The Hall–Kier alpha value is -2.67. The Morgan fingerprint density at radius 1 is 1.17 bits per heavy atom. The Balaban J connectivity index is 1.88. The number of likely N-dealkylation sites (tertiary alicyclic amines) is 1. The molecule has 2 amide bonds. The van der Waals surface area contributed by atoms with E-state index in [-0.39, 0.29) is 17.9 Å². The molecule has 30 heavy (non-hydrogen) atoms. The van der Waals surface area contributed by atoms with Crippen molar-refractivity contribution in [2.75, 3.05) is 20.8 Å². The van der Waals surface area contributed by atoms with Gasteiger partial charge in [0.25, 0.3) is 0 Å². The van der Waals surface area contributed by atoms with Crippen LogP contribution >= 0.6 is 11.8 Å². The van der Waals surface area contributed by atoms with E-state index >= 15 is 0 Å². The van der Waals surface area contributed by atoms with E-state index in [2.05, 4.69) is 5.32 Å². The lowest BCUT2D eigenvalue weighted by molar-refractivity contribution is -0.153. The second-order valence-corrected chi connectivity index (χ2v) is 8.63. The zero-order valence-corrected chi connectivity index (χ0v) is 18.6. The summed E-state index contributed by atoms with van der Waals surface area (Å²) in [5, 5.41) is 2.91. The molecule has 2 atom stereocenters. The molecule has 1 aliphatic rings. The molecule has 3 rings (SSSR count). The summed E-state index contributed by atoms with van der Waals surface area (Å²) >= 11 is 1.58. The smallest absolute Gasteiger partial charge is 0.242 e. The van der Waals surface area contributed by atoms with Gasteiger partial charge in [0.15, 0.2) is 0 Å². The van der Waals surface area contributed by atoms with Crippen molar-refractivity contribution in [2.45, 2.75) is 42.5 Å². The third kappa shape index (κ3) is 4.26. The first-order valence-electron chi connectivity index (χ1n) is 9.95. The van der Waals surface area contributed by atoms with Crippen LogP contribution in [0.5, 0.6) is 11.5 Å². The van der Waals surface area contributed by atoms with Crippen molar-refractivity contribution < 1.29 is 19.1 Å². The molecule has 0 radical (unpaired) electrons. The zero-order chi connectivity index (χ0) is 21.7. The molecule has 0 spiro atoms. The Labute approximate surface area is 181 Å². The molecule has 0 bridgehead atoms. The van der Waals surface area contributed by atoms with E-state index in [1.54, 1.807) is 26.0 Å². The van der Waals surface area contributed by atoms with Crippen LogP contribution in [0.1, 0.15) is 25.8 Å². The Bertz CT molecular complexity index is 905. The largest absolute Gasteiger partial charge is 0.497 e. The molecule has 6 nitrogen and oxygen atoms in total. The van der Waals surface area contributed by atoms with Gasteiger partial charge in [0.05, 0.1) is 20.3 Å². The molecule has 1 saturated heterocycles. The van der Waals surface area contributed by atoms with Crippen LogP contribution in [0.15, 0.2) is 53.4 Å². The van der Waals surface area contributed by atoms with Crippen molar-refractivity contribution in [3.63, 3.8) is 0 Å². The molecule has 1 fully saturated rings. The van der Waals surface area contributed by atoms with Crippen LogP contribution in [0.4, 0.5) is 0 Å². The van der Waals surface area contributed by atoms with Gasteiger partial charge in [0, 0.05) is 36.5 Å². The van der Waals surface area contributed by atoms with Crippen LogP contribution in [0, 0.1) is 0 Å². The van der Waals surface area contributed by atoms with Gasteiger partial charge < -0.3 is 19.7 Å². The number of rotatable bonds is 9. The van der Waals surface area contributed by atoms with E-state index in [0.717, 1.165) is 10.5 Å². The fraction of sp³-hybridized carbons (Fsp3) is 0.391. The number of thioether (sulfide) groups is 1. The topological polar surface area (TPSA) is 67.9 Å². The monoisotopic (exact) mass is 428 g/mol. The summed E-state index contributed by atoms with van der Waals surface area (Å²) in [6.07, 6.45) is 0.673. The van der Waals surface area contributed by atoms with Crippen LogP contribution in [-0.2, 0) is 16.1 Å². The maximum absolute atomic E-state index is 13.4. The van der Waals surface area contributed by atoms with Gasteiger partial charge in [0.2, 0.25) is 11.8 Å². The highest BCUT2D eigenvalue weighted by Crippen LogP contribution is 2.49. The van der Waals surface area contributed by atoms with E-state index < -0.39 is 4.75 Å². The minimum absolute atomic E-state index is 0.0760. The molecular weight excluding hydrogens is 400 g/mol. The molecule has 1 heterocycles. The van der Waals surface area contributed by atoms with Crippen LogP contribution < -0.4 is 14.8 Å². The molecule has 2 aromatic carbocycles. The number of hydrogen-bond acceptors (Lipinski definition) is 5. The molecule has 160 valence electrons. The molecule has 2 unspecified atom stereocenters. The van der Waals surface area contributed by atoms with Gasteiger partial charge in [0.1, 0.15) is 16.2 Å². The second kappa shape index (κ2) is 9.43. The number of carbonyl (C=O) groups is 2. The molecule has 7 heteroatoms. The number of β-lactam (4-membered cyclic amide) rings is 1. The lowest BCUT2D eigenvalue weighted by Crippen LogP contribution is -2.74. The summed E-state index contributed by atoms with van der Waals surface area (Å²) in [6.45, 7) is 4.34. The predicted octanol–water partition coefficient (Wildman–Crippen LogP) is 3.49. The molecule has 1 aliphatic heterocycles. The van der Waals surface area contributed by atoms with E-state index in [1.807, 2.05) is 60.4 Å². The number of benzene rings is 2. The minimum Gasteiger partial charge on any atom is -0.497 e. The van der Waals surface area contributed by atoms with Gasteiger partial charge in [-0.15, -0.1) is 11.8 Å². The normalized spacial score (nSPS) is 20.5. The Kier molecular flexibility index (Phi) is 6.92. The lowest BCUT2D eigenvalue weighted by Gasteiger charge is -2.55. The standard InChI is InChI=1S/C23H28N2O4S/c1-5-23(30-19-9-7-6-8-10-19)21(14-24-16(2)26)25(22(23)27)15-17-11-12-18(28-3)13-20(17)29-4/h6-13,21H,5,14-15H2,1-4H3,(H,24,26). The van der Waals surface area contributed by atoms with Crippen molar-refractivity contribution in [2.24, 2.45) is 0 Å². The summed E-state index contributed by atoms with van der Waals surface area (Å²) in [5.74, 6) is 1.34. The first kappa shape index (κ1) is 22.0. The van der Waals surface area contributed by atoms with Gasteiger partial charge in [-0.25, -0.2) is 0 Å². The number of ether oxygens (including phenoxy) is 2. The van der Waals surface area contributed by atoms with Gasteiger partial charge in [-0.1, -0.05) is 25.1 Å². The maximum Gasteiger partial charge on any atom is 0.242 e. The first-order valence-corrected chi connectivity index (χ1v) is 10.8. The number of carbonyl (C=O) groups excluding carboxylic acids is 2. The molecule has 0 aliphatic carbocycles. The van der Waals surface area contributed by atoms with Crippen molar-refractivity contribution >= 4 is 23.6 Å². The average molecular weight is 429 g/mol. The number of amides is 2. The minimum atomic E-state index is -0.608. The number of methoxy groups -OCH3 is 2. The third-order valence-corrected chi connectivity index (χ3v) is 7.09. The number of hydrogen-bond donors (Lipinski definition) is 1. The highest BCUT2D eigenvalue weighted by atomic mass is 32.2. The summed E-state index contributed by atoms with van der Waals surface area (Å²) in [5.41, 5.74) is 0.897. The fourth-order valence-electron chi connectivity index (χ4n) is 3.85. The molecule has 1 N–H and O–H groups in total. The molecule has 0 saturated carbocycles. The van der Waals surface area contributed by atoms with Crippen molar-refractivity contribution in [3.8, 4) is 11.5 Å². The SMILES string of the molecule is CCC1(Sc2ccccc2)C(=O)N(Cc2ccc(OC)cc2OC)C1CNC(C)=O. The summed E-state index contributed by atoms with van der Waals surface area (Å²) in [6, 6.07) is 15.4. The van der Waals surface area contributed by atoms with Crippen molar-refractivity contribution in [1.82, 2.24) is 10.2 Å². The number of nitrogens with one attached hydrogen (secondary N) is 1. The highest BCUT2D eigenvalue weighted by molar-refractivity contribution is 8.01. The van der Waals surface area contributed by atoms with Crippen LogP contribution in [-0.4, -0.2) is 48.3 Å². The number of nitrogens with zero attached hydrogens (tertiary/aromatic N) is 1. The van der Waals surface area contributed by atoms with E-state index in [1.165, 1.54) is 6.92 Å². The summed E-state index contributed by atoms with van der Waals surface area (Å²) in [7, 11) is 3.21. The average Bonchev–Trinajstić information content (AvgIpc) is 2.77.